The lowest BCUT2D eigenvalue weighted by Gasteiger charge is -2.17. The standard InChI is InChI=1S/C12H14FNO2/c1-7-3-2-4-9(13)10(7)14-11(12(15)16)8-5-6-8/h2-4,8,11,14H,5-6H2,1H3,(H,15,16). The number of anilines is 1. The molecule has 1 unspecified atom stereocenters. The lowest BCUT2D eigenvalue weighted by atomic mass is 10.1. The van der Waals surface area contributed by atoms with Crippen LogP contribution in [0.15, 0.2) is 18.2 Å². The third kappa shape index (κ3) is 2.15. The van der Waals surface area contributed by atoms with Crippen molar-refractivity contribution in [3.05, 3.63) is 29.6 Å². The number of rotatable bonds is 4. The Labute approximate surface area is 93.3 Å². The molecule has 0 bridgehead atoms. The third-order valence-electron chi connectivity index (χ3n) is 2.88. The van der Waals surface area contributed by atoms with Gasteiger partial charge >= 0.3 is 5.97 Å². The molecule has 2 N–H and O–H groups in total. The summed E-state index contributed by atoms with van der Waals surface area (Å²) in [7, 11) is 0. The Kier molecular flexibility index (Phi) is 2.81. The van der Waals surface area contributed by atoms with Crippen LogP contribution < -0.4 is 5.32 Å². The Morgan fingerprint density at radius 2 is 2.25 bits per heavy atom. The van der Waals surface area contributed by atoms with Gasteiger partial charge in [-0.15, -0.1) is 0 Å². The van der Waals surface area contributed by atoms with E-state index in [1.165, 1.54) is 6.07 Å². The molecule has 0 amide bonds. The number of hydrogen-bond donors (Lipinski definition) is 2. The van der Waals surface area contributed by atoms with Gasteiger partial charge in [0.05, 0.1) is 5.69 Å². The molecule has 0 spiro atoms. The summed E-state index contributed by atoms with van der Waals surface area (Å²) in [4.78, 5) is 11.0. The number of nitrogens with one attached hydrogen (secondary N) is 1. The van der Waals surface area contributed by atoms with E-state index in [-0.39, 0.29) is 5.92 Å². The molecule has 1 aliphatic carbocycles. The zero-order chi connectivity index (χ0) is 11.7. The number of aliphatic carboxylic acids is 1. The van der Waals surface area contributed by atoms with Crippen molar-refractivity contribution in [2.45, 2.75) is 25.8 Å². The first-order valence-electron chi connectivity index (χ1n) is 5.34. The molecular formula is C12H14FNO2. The van der Waals surface area contributed by atoms with Crippen LogP contribution in [0.3, 0.4) is 0 Å². The highest BCUT2D eigenvalue weighted by Gasteiger charge is 2.36. The second-order valence-corrected chi connectivity index (χ2v) is 4.23. The quantitative estimate of drug-likeness (QED) is 0.824. The van der Waals surface area contributed by atoms with E-state index in [1.807, 2.05) is 0 Å². The first-order chi connectivity index (χ1) is 7.59. The van der Waals surface area contributed by atoms with Crippen molar-refractivity contribution in [2.24, 2.45) is 5.92 Å². The smallest absolute Gasteiger partial charge is 0.326 e. The second kappa shape index (κ2) is 4.12. The molecule has 1 aliphatic rings. The minimum Gasteiger partial charge on any atom is -0.480 e. The van der Waals surface area contributed by atoms with E-state index in [2.05, 4.69) is 5.32 Å². The van der Waals surface area contributed by atoms with Gasteiger partial charge in [-0.1, -0.05) is 12.1 Å². The minimum absolute atomic E-state index is 0.136. The molecular weight excluding hydrogens is 209 g/mol. The highest BCUT2D eigenvalue weighted by atomic mass is 19.1. The maximum absolute atomic E-state index is 13.5. The number of hydrogen-bond acceptors (Lipinski definition) is 2. The Hall–Kier alpha value is -1.58. The largest absolute Gasteiger partial charge is 0.480 e. The molecule has 0 aliphatic heterocycles. The van der Waals surface area contributed by atoms with Crippen molar-refractivity contribution in [1.82, 2.24) is 0 Å². The average Bonchev–Trinajstić information content (AvgIpc) is 3.00. The number of carbonyl (C=O) groups is 1. The Morgan fingerprint density at radius 3 is 2.75 bits per heavy atom. The summed E-state index contributed by atoms with van der Waals surface area (Å²) in [5.74, 6) is -1.17. The van der Waals surface area contributed by atoms with Crippen molar-refractivity contribution < 1.29 is 14.3 Å². The highest BCUT2D eigenvalue weighted by Crippen LogP contribution is 2.35. The number of aryl methyl sites for hydroxylation is 1. The summed E-state index contributed by atoms with van der Waals surface area (Å²) in [5.41, 5.74) is 1.04. The van der Waals surface area contributed by atoms with E-state index < -0.39 is 17.8 Å². The fourth-order valence-electron chi connectivity index (χ4n) is 1.78. The van der Waals surface area contributed by atoms with Crippen molar-refractivity contribution in [2.75, 3.05) is 5.32 Å². The van der Waals surface area contributed by atoms with Crippen molar-refractivity contribution in [1.29, 1.82) is 0 Å². The maximum atomic E-state index is 13.5. The van der Waals surface area contributed by atoms with Gasteiger partial charge in [0.1, 0.15) is 11.9 Å². The number of halogens is 1. The van der Waals surface area contributed by atoms with E-state index in [0.29, 0.717) is 5.69 Å². The monoisotopic (exact) mass is 223 g/mol. The molecule has 1 saturated carbocycles. The molecule has 0 radical (unpaired) electrons. The summed E-state index contributed by atoms with van der Waals surface area (Å²) < 4.78 is 13.5. The lowest BCUT2D eigenvalue weighted by molar-refractivity contribution is -0.138. The number of benzene rings is 1. The van der Waals surface area contributed by atoms with Crippen LogP contribution in [0.4, 0.5) is 10.1 Å². The molecule has 86 valence electrons. The van der Waals surface area contributed by atoms with Gasteiger partial charge in [0.15, 0.2) is 0 Å². The summed E-state index contributed by atoms with van der Waals surface area (Å²) in [6.45, 7) is 1.76. The summed E-state index contributed by atoms with van der Waals surface area (Å²) in [6.07, 6.45) is 1.80. The van der Waals surface area contributed by atoms with E-state index in [0.717, 1.165) is 18.4 Å². The number of carboxylic acid groups (broad SMARTS) is 1. The average molecular weight is 223 g/mol. The SMILES string of the molecule is Cc1cccc(F)c1NC(C(=O)O)C1CC1. The molecule has 16 heavy (non-hydrogen) atoms. The van der Waals surface area contributed by atoms with Crippen LogP contribution in [0.5, 0.6) is 0 Å². The third-order valence-corrected chi connectivity index (χ3v) is 2.88. The van der Waals surface area contributed by atoms with E-state index in [1.54, 1.807) is 19.1 Å². The van der Waals surface area contributed by atoms with Crippen molar-refractivity contribution >= 4 is 11.7 Å². The molecule has 0 aromatic heterocycles. The van der Waals surface area contributed by atoms with Gasteiger partial charge in [-0.05, 0) is 37.3 Å². The van der Waals surface area contributed by atoms with Gasteiger partial charge in [-0.3, -0.25) is 0 Å². The van der Waals surface area contributed by atoms with E-state index >= 15 is 0 Å². The van der Waals surface area contributed by atoms with E-state index in [4.69, 9.17) is 5.11 Å². The van der Waals surface area contributed by atoms with Crippen LogP contribution in [0.1, 0.15) is 18.4 Å². The van der Waals surface area contributed by atoms with Crippen LogP contribution in [-0.4, -0.2) is 17.1 Å². The molecule has 1 aromatic carbocycles. The molecule has 4 heteroatoms. The topological polar surface area (TPSA) is 49.3 Å². The van der Waals surface area contributed by atoms with Gasteiger partial charge in [0, 0.05) is 0 Å². The molecule has 1 aromatic rings. The normalized spacial score (nSPS) is 16.9. The maximum Gasteiger partial charge on any atom is 0.326 e. The van der Waals surface area contributed by atoms with Crippen LogP contribution in [-0.2, 0) is 4.79 Å². The van der Waals surface area contributed by atoms with Gasteiger partial charge in [-0.25, -0.2) is 9.18 Å². The highest BCUT2D eigenvalue weighted by molar-refractivity contribution is 5.78. The van der Waals surface area contributed by atoms with Gasteiger partial charge in [0.2, 0.25) is 0 Å². The predicted molar refractivity (Wildman–Crippen MR) is 58.9 cm³/mol. The van der Waals surface area contributed by atoms with E-state index in [9.17, 15) is 9.18 Å². The lowest BCUT2D eigenvalue weighted by Crippen LogP contribution is -2.32. The molecule has 2 rings (SSSR count). The van der Waals surface area contributed by atoms with Crippen LogP contribution >= 0.6 is 0 Å². The Balaban J connectivity index is 2.21. The van der Waals surface area contributed by atoms with Crippen molar-refractivity contribution in [3.63, 3.8) is 0 Å². The molecule has 0 saturated heterocycles. The zero-order valence-electron chi connectivity index (χ0n) is 9.03. The summed E-state index contributed by atoms with van der Waals surface area (Å²) in [5, 5.41) is 11.8. The molecule has 1 atom stereocenters. The fraction of sp³-hybridized carbons (Fsp3) is 0.417. The summed E-state index contributed by atoms with van der Waals surface area (Å²) >= 11 is 0. The number of para-hydroxylation sites is 1. The Morgan fingerprint density at radius 1 is 1.56 bits per heavy atom. The zero-order valence-corrected chi connectivity index (χ0v) is 9.03. The van der Waals surface area contributed by atoms with Crippen molar-refractivity contribution in [3.8, 4) is 0 Å². The molecule has 1 fully saturated rings. The second-order valence-electron chi connectivity index (χ2n) is 4.23. The van der Waals surface area contributed by atoms with Crippen LogP contribution in [0.25, 0.3) is 0 Å². The van der Waals surface area contributed by atoms with Gasteiger partial charge < -0.3 is 10.4 Å². The fourth-order valence-corrected chi connectivity index (χ4v) is 1.78. The van der Waals surface area contributed by atoms with Crippen LogP contribution in [0, 0.1) is 18.7 Å². The van der Waals surface area contributed by atoms with Gasteiger partial charge in [0.25, 0.3) is 0 Å². The summed E-state index contributed by atoms with van der Waals surface area (Å²) in [6, 6.07) is 4.04. The first kappa shape index (κ1) is 10.9. The predicted octanol–water partition coefficient (Wildman–Crippen LogP) is 2.41. The number of carboxylic acids is 1. The first-order valence-corrected chi connectivity index (χ1v) is 5.34. The van der Waals surface area contributed by atoms with Crippen LogP contribution in [0.2, 0.25) is 0 Å². The van der Waals surface area contributed by atoms with Gasteiger partial charge in [-0.2, -0.15) is 0 Å². The minimum atomic E-state index is -0.912. The Bertz CT molecular complexity index is 395. The molecule has 3 nitrogen and oxygen atoms in total. The molecule has 0 heterocycles.